The van der Waals surface area contributed by atoms with Gasteiger partial charge in [-0.3, -0.25) is 4.68 Å². The molecule has 1 aromatic heterocycles. The minimum atomic E-state index is -0.318. The second kappa shape index (κ2) is 7.10. The maximum atomic E-state index is 5.62. The van der Waals surface area contributed by atoms with Gasteiger partial charge >= 0.3 is 0 Å². The fourth-order valence-electron chi connectivity index (χ4n) is 1.74. The first-order valence-electron chi connectivity index (χ1n) is 5.73. The SMILES string of the molecule is CCOC(OCC)C(NC)c1c(Br)cnn1C. The molecule has 98 valence electrons. The molecule has 17 heavy (non-hydrogen) atoms. The summed E-state index contributed by atoms with van der Waals surface area (Å²) < 4.78 is 14.0. The molecule has 0 amide bonds. The zero-order chi connectivity index (χ0) is 12.8. The van der Waals surface area contributed by atoms with Crippen LogP contribution in [0, 0.1) is 0 Å². The molecule has 0 radical (unpaired) electrons. The Morgan fingerprint density at radius 3 is 2.35 bits per heavy atom. The number of ether oxygens (including phenoxy) is 2. The molecule has 1 unspecified atom stereocenters. The van der Waals surface area contributed by atoms with E-state index in [9.17, 15) is 0 Å². The molecule has 0 saturated carbocycles. The summed E-state index contributed by atoms with van der Waals surface area (Å²) in [7, 11) is 3.79. The smallest absolute Gasteiger partial charge is 0.178 e. The summed E-state index contributed by atoms with van der Waals surface area (Å²) in [6.45, 7) is 5.13. The number of rotatable bonds is 7. The first-order chi connectivity index (χ1) is 8.15. The minimum absolute atomic E-state index is 0.0585. The topological polar surface area (TPSA) is 48.3 Å². The molecule has 5 nitrogen and oxygen atoms in total. The molecule has 0 saturated heterocycles. The summed E-state index contributed by atoms with van der Waals surface area (Å²) in [5.41, 5.74) is 1.01. The van der Waals surface area contributed by atoms with E-state index in [2.05, 4.69) is 26.3 Å². The van der Waals surface area contributed by atoms with Crippen molar-refractivity contribution < 1.29 is 9.47 Å². The van der Waals surface area contributed by atoms with E-state index in [1.807, 2.05) is 32.6 Å². The Kier molecular flexibility index (Phi) is 6.11. The lowest BCUT2D eigenvalue weighted by atomic mass is 10.2. The van der Waals surface area contributed by atoms with Crippen LogP contribution in [-0.2, 0) is 16.5 Å². The van der Waals surface area contributed by atoms with Crippen LogP contribution < -0.4 is 5.32 Å². The summed E-state index contributed by atoms with van der Waals surface area (Å²) in [6.07, 6.45) is 1.45. The van der Waals surface area contributed by atoms with E-state index in [0.717, 1.165) is 10.2 Å². The molecule has 0 bridgehead atoms. The van der Waals surface area contributed by atoms with E-state index in [1.165, 1.54) is 0 Å². The molecule has 6 heteroatoms. The molecule has 0 aliphatic heterocycles. The second-order valence-corrected chi connectivity index (χ2v) is 4.40. The number of hydrogen-bond donors (Lipinski definition) is 1. The number of halogens is 1. The van der Waals surface area contributed by atoms with E-state index in [4.69, 9.17) is 9.47 Å². The maximum absolute atomic E-state index is 5.62. The number of hydrogen-bond acceptors (Lipinski definition) is 4. The molecule has 0 fully saturated rings. The molecular formula is C11H20BrN3O2. The van der Waals surface area contributed by atoms with Crippen LogP contribution >= 0.6 is 15.9 Å². The lowest BCUT2D eigenvalue weighted by Gasteiger charge is -2.26. The third-order valence-corrected chi connectivity index (χ3v) is 3.09. The van der Waals surface area contributed by atoms with E-state index in [-0.39, 0.29) is 12.3 Å². The van der Waals surface area contributed by atoms with Crippen molar-refractivity contribution in [3.63, 3.8) is 0 Å². The molecule has 1 N–H and O–H groups in total. The van der Waals surface area contributed by atoms with Crippen molar-refractivity contribution in [3.8, 4) is 0 Å². The summed E-state index contributed by atoms with van der Waals surface area (Å²) in [4.78, 5) is 0. The normalized spacial score (nSPS) is 13.3. The van der Waals surface area contributed by atoms with Crippen LogP contribution in [-0.4, -0.2) is 36.3 Å². The zero-order valence-corrected chi connectivity index (χ0v) is 12.3. The molecule has 1 heterocycles. The van der Waals surface area contributed by atoms with Crippen LogP contribution in [0.4, 0.5) is 0 Å². The van der Waals surface area contributed by atoms with Crippen molar-refractivity contribution in [2.24, 2.45) is 7.05 Å². The third kappa shape index (κ3) is 3.51. The molecule has 0 aromatic carbocycles. The maximum Gasteiger partial charge on any atom is 0.178 e. The third-order valence-electron chi connectivity index (χ3n) is 2.48. The van der Waals surface area contributed by atoms with E-state index in [1.54, 1.807) is 6.20 Å². The highest BCUT2D eigenvalue weighted by Crippen LogP contribution is 2.26. The quantitative estimate of drug-likeness (QED) is 0.781. The highest BCUT2D eigenvalue weighted by molar-refractivity contribution is 9.10. The lowest BCUT2D eigenvalue weighted by molar-refractivity contribution is -0.155. The summed E-state index contributed by atoms with van der Waals surface area (Å²) in [5.74, 6) is 0. The first kappa shape index (κ1) is 14.6. The predicted octanol–water partition coefficient (Wildman–Crippen LogP) is 1.84. The molecule has 1 atom stereocenters. The van der Waals surface area contributed by atoms with Gasteiger partial charge in [0.15, 0.2) is 6.29 Å². The van der Waals surface area contributed by atoms with Crippen molar-refractivity contribution in [3.05, 3.63) is 16.4 Å². The fourth-order valence-corrected chi connectivity index (χ4v) is 2.34. The van der Waals surface area contributed by atoms with Gasteiger partial charge in [-0.15, -0.1) is 0 Å². The first-order valence-corrected chi connectivity index (χ1v) is 6.52. The van der Waals surface area contributed by atoms with Crippen molar-refractivity contribution in [2.75, 3.05) is 20.3 Å². The van der Waals surface area contributed by atoms with E-state index in [0.29, 0.717) is 13.2 Å². The second-order valence-electron chi connectivity index (χ2n) is 3.55. The lowest BCUT2D eigenvalue weighted by Crippen LogP contribution is -2.35. The van der Waals surface area contributed by atoms with Crippen LogP contribution in [0.1, 0.15) is 25.6 Å². The zero-order valence-electron chi connectivity index (χ0n) is 10.7. The van der Waals surface area contributed by atoms with Crippen molar-refractivity contribution >= 4 is 15.9 Å². The number of aryl methyl sites for hydroxylation is 1. The van der Waals surface area contributed by atoms with E-state index < -0.39 is 0 Å². The molecule has 0 aliphatic carbocycles. The predicted molar refractivity (Wildman–Crippen MR) is 69.7 cm³/mol. The van der Waals surface area contributed by atoms with Gasteiger partial charge in [-0.2, -0.15) is 5.10 Å². The summed E-state index contributed by atoms with van der Waals surface area (Å²) in [6, 6.07) is -0.0585. The van der Waals surface area contributed by atoms with Crippen molar-refractivity contribution in [1.82, 2.24) is 15.1 Å². The minimum Gasteiger partial charge on any atom is -0.351 e. The Balaban J connectivity index is 2.95. The van der Waals surface area contributed by atoms with Gasteiger partial charge in [0, 0.05) is 20.3 Å². The van der Waals surface area contributed by atoms with Crippen LogP contribution in [0.2, 0.25) is 0 Å². The van der Waals surface area contributed by atoms with Gasteiger partial charge < -0.3 is 14.8 Å². The molecule has 1 aromatic rings. The fraction of sp³-hybridized carbons (Fsp3) is 0.727. The highest BCUT2D eigenvalue weighted by Gasteiger charge is 2.27. The number of likely N-dealkylation sites (N-methyl/N-ethyl adjacent to an activating group) is 1. The number of nitrogens with zero attached hydrogens (tertiary/aromatic N) is 2. The Bertz CT molecular complexity index is 318. The standard InChI is InChI=1S/C11H20BrN3O2/c1-5-16-11(17-6-2)9(13-3)10-8(12)7-14-15(10)4/h7,9,11,13H,5-6H2,1-4H3. The van der Waals surface area contributed by atoms with Gasteiger partial charge in [0.05, 0.1) is 16.4 Å². The number of aromatic nitrogens is 2. The van der Waals surface area contributed by atoms with E-state index >= 15 is 0 Å². The highest BCUT2D eigenvalue weighted by atomic mass is 79.9. The van der Waals surface area contributed by atoms with Crippen LogP contribution in [0.25, 0.3) is 0 Å². The average molecular weight is 306 g/mol. The average Bonchev–Trinajstić information content (AvgIpc) is 2.62. The number of nitrogens with one attached hydrogen (secondary N) is 1. The van der Waals surface area contributed by atoms with Gasteiger partial charge in [-0.05, 0) is 36.8 Å². The Hall–Kier alpha value is -0.430. The molecule has 0 aliphatic rings. The van der Waals surface area contributed by atoms with Gasteiger partial charge in [-0.25, -0.2) is 0 Å². The van der Waals surface area contributed by atoms with Gasteiger partial charge in [0.2, 0.25) is 0 Å². The van der Waals surface area contributed by atoms with Crippen molar-refractivity contribution in [2.45, 2.75) is 26.2 Å². The summed E-state index contributed by atoms with van der Waals surface area (Å²) >= 11 is 3.49. The van der Waals surface area contributed by atoms with Crippen LogP contribution in [0.3, 0.4) is 0 Å². The summed E-state index contributed by atoms with van der Waals surface area (Å²) in [5, 5.41) is 7.42. The van der Waals surface area contributed by atoms with Gasteiger partial charge in [-0.1, -0.05) is 0 Å². The van der Waals surface area contributed by atoms with Crippen LogP contribution in [0.5, 0.6) is 0 Å². The van der Waals surface area contributed by atoms with Gasteiger partial charge in [0.1, 0.15) is 6.04 Å². The van der Waals surface area contributed by atoms with Crippen molar-refractivity contribution in [1.29, 1.82) is 0 Å². The molecular weight excluding hydrogens is 286 g/mol. The monoisotopic (exact) mass is 305 g/mol. The largest absolute Gasteiger partial charge is 0.351 e. The van der Waals surface area contributed by atoms with Crippen LogP contribution in [0.15, 0.2) is 10.7 Å². The Morgan fingerprint density at radius 2 is 2.00 bits per heavy atom. The Morgan fingerprint density at radius 1 is 1.41 bits per heavy atom. The molecule has 0 spiro atoms. The van der Waals surface area contributed by atoms with Gasteiger partial charge in [0.25, 0.3) is 0 Å². The Labute approximate surface area is 111 Å². The molecule has 1 rings (SSSR count).